The Labute approximate surface area is 224 Å². The van der Waals surface area contributed by atoms with E-state index < -0.39 is 0 Å². The fourth-order valence-electron chi connectivity index (χ4n) is 5.12. The van der Waals surface area contributed by atoms with Crippen molar-refractivity contribution in [3.63, 3.8) is 0 Å². The fourth-order valence-corrected chi connectivity index (χ4v) is 5.12. The van der Waals surface area contributed by atoms with Crippen LogP contribution in [0.2, 0.25) is 0 Å². The molecule has 3 aromatic rings. The first-order valence-corrected chi connectivity index (χ1v) is 13.4. The number of amides is 2. The highest BCUT2D eigenvalue weighted by Gasteiger charge is 2.26. The van der Waals surface area contributed by atoms with E-state index >= 15 is 0 Å². The van der Waals surface area contributed by atoms with Crippen molar-refractivity contribution in [1.29, 1.82) is 0 Å². The maximum atomic E-state index is 13.2. The first-order chi connectivity index (χ1) is 18.5. The highest BCUT2D eigenvalue weighted by Crippen LogP contribution is 2.25. The third-order valence-electron chi connectivity index (χ3n) is 7.16. The molecule has 38 heavy (non-hydrogen) atoms. The van der Waals surface area contributed by atoms with Gasteiger partial charge >= 0.3 is 0 Å². The van der Waals surface area contributed by atoms with Crippen LogP contribution in [0.5, 0.6) is 0 Å². The minimum atomic E-state index is 0.00155. The summed E-state index contributed by atoms with van der Waals surface area (Å²) < 4.78 is 0. The number of para-hydroxylation sites is 1. The van der Waals surface area contributed by atoms with Crippen molar-refractivity contribution in [3.05, 3.63) is 84.1 Å². The molecule has 5 rings (SSSR count). The van der Waals surface area contributed by atoms with E-state index in [1.165, 1.54) is 5.69 Å². The number of piperazine rings is 2. The highest BCUT2D eigenvalue weighted by molar-refractivity contribution is 5.98. The molecule has 0 atom stereocenters. The van der Waals surface area contributed by atoms with Gasteiger partial charge in [-0.2, -0.15) is 0 Å². The van der Waals surface area contributed by atoms with Gasteiger partial charge < -0.3 is 24.9 Å². The lowest BCUT2D eigenvalue weighted by Crippen LogP contribution is -2.49. The first-order valence-electron chi connectivity index (χ1n) is 13.4. The predicted octanol–water partition coefficient (Wildman–Crippen LogP) is 3.83. The molecule has 2 amide bonds. The van der Waals surface area contributed by atoms with Crippen LogP contribution in [-0.2, 0) is 0 Å². The van der Waals surface area contributed by atoms with Gasteiger partial charge in [-0.3, -0.25) is 9.59 Å². The Hall–Kier alpha value is -4.07. The molecule has 2 aromatic carbocycles. The number of pyridine rings is 1. The number of anilines is 3. The summed E-state index contributed by atoms with van der Waals surface area (Å²) in [7, 11) is 0. The molecule has 0 radical (unpaired) electrons. The molecule has 0 saturated carbocycles. The second-order valence-corrected chi connectivity index (χ2v) is 10.1. The van der Waals surface area contributed by atoms with Crippen molar-refractivity contribution < 1.29 is 9.59 Å². The van der Waals surface area contributed by atoms with Gasteiger partial charge in [-0.05, 0) is 62.4 Å². The van der Waals surface area contributed by atoms with Crippen molar-refractivity contribution in [1.82, 2.24) is 14.8 Å². The number of carbonyl (C=O) groups is 2. The summed E-state index contributed by atoms with van der Waals surface area (Å²) in [6.07, 6.45) is 1.81. The molecule has 8 nitrogen and oxygen atoms in total. The second-order valence-electron chi connectivity index (χ2n) is 10.1. The Kier molecular flexibility index (Phi) is 7.77. The van der Waals surface area contributed by atoms with Gasteiger partial charge in [0.15, 0.2) is 5.82 Å². The highest BCUT2D eigenvalue weighted by atomic mass is 16.2. The Bertz CT molecular complexity index is 1230. The minimum absolute atomic E-state index is 0.00155. The van der Waals surface area contributed by atoms with E-state index in [0.29, 0.717) is 43.3 Å². The number of rotatable bonds is 6. The molecule has 2 saturated heterocycles. The third kappa shape index (κ3) is 5.74. The Morgan fingerprint density at radius 3 is 1.74 bits per heavy atom. The summed E-state index contributed by atoms with van der Waals surface area (Å²) in [4.78, 5) is 39.2. The number of aromatic nitrogens is 1. The van der Waals surface area contributed by atoms with Crippen molar-refractivity contribution in [2.24, 2.45) is 0 Å². The van der Waals surface area contributed by atoms with Gasteiger partial charge in [0.25, 0.3) is 11.8 Å². The number of benzene rings is 2. The van der Waals surface area contributed by atoms with Crippen LogP contribution in [0.15, 0.2) is 72.9 Å². The van der Waals surface area contributed by atoms with Gasteiger partial charge in [0.2, 0.25) is 0 Å². The quantitative estimate of drug-likeness (QED) is 0.541. The smallest absolute Gasteiger partial charge is 0.253 e. The maximum Gasteiger partial charge on any atom is 0.253 e. The summed E-state index contributed by atoms with van der Waals surface area (Å²) >= 11 is 0. The average molecular weight is 513 g/mol. The van der Waals surface area contributed by atoms with Crippen molar-refractivity contribution in [2.45, 2.75) is 19.9 Å². The molecule has 3 heterocycles. The van der Waals surface area contributed by atoms with Crippen LogP contribution in [0.4, 0.5) is 17.2 Å². The van der Waals surface area contributed by atoms with Gasteiger partial charge in [-0.1, -0.05) is 18.2 Å². The zero-order valence-corrected chi connectivity index (χ0v) is 22.2. The SMILES string of the molecule is CC(C)Nc1cccnc1N1CCN(C(=O)c2ccc(C(=O)N3CCN(c4ccccc4)CC3)cc2)CC1. The Morgan fingerprint density at radius 2 is 1.21 bits per heavy atom. The predicted molar refractivity (Wildman–Crippen MR) is 152 cm³/mol. The summed E-state index contributed by atoms with van der Waals surface area (Å²) in [5, 5.41) is 3.46. The molecule has 2 fully saturated rings. The Balaban J connectivity index is 1.15. The van der Waals surface area contributed by atoms with Crippen molar-refractivity contribution in [3.8, 4) is 0 Å². The van der Waals surface area contributed by atoms with E-state index in [1.807, 2.05) is 46.3 Å². The minimum Gasteiger partial charge on any atom is -0.380 e. The summed E-state index contributed by atoms with van der Waals surface area (Å²) in [6, 6.07) is 21.7. The Morgan fingerprint density at radius 1 is 0.684 bits per heavy atom. The zero-order valence-electron chi connectivity index (χ0n) is 22.2. The molecule has 8 heteroatoms. The van der Waals surface area contributed by atoms with Gasteiger partial charge in [0, 0.05) is 81.4 Å². The summed E-state index contributed by atoms with van der Waals surface area (Å²) in [6.45, 7) is 9.91. The topological polar surface area (TPSA) is 72.0 Å². The number of nitrogens with zero attached hydrogens (tertiary/aromatic N) is 5. The van der Waals surface area contributed by atoms with Crippen LogP contribution in [0.3, 0.4) is 0 Å². The molecule has 2 aliphatic heterocycles. The first kappa shape index (κ1) is 25.6. The van der Waals surface area contributed by atoms with E-state index in [0.717, 1.165) is 37.7 Å². The molecular weight excluding hydrogens is 476 g/mol. The lowest BCUT2D eigenvalue weighted by atomic mass is 10.1. The van der Waals surface area contributed by atoms with Gasteiger partial charge in [-0.15, -0.1) is 0 Å². The van der Waals surface area contributed by atoms with Gasteiger partial charge in [-0.25, -0.2) is 4.98 Å². The van der Waals surface area contributed by atoms with Crippen molar-refractivity contribution in [2.75, 3.05) is 67.5 Å². The second kappa shape index (κ2) is 11.5. The molecule has 0 spiro atoms. The normalized spacial score (nSPS) is 16.1. The van der Waals surface area contributed by atoms with Crippen LogP contribution in [0.25, 0.3) is 0 Å². The molecule has 0 unspecified atom stereocenters. The molecule has 0 aliphatic carbocycles. The monoisotopic (exact) mass is 512 g/mol. The molecule has 1 N–H and O–H groups in total. The van der Waals surface area contributed by atoms with E-state index in [1.54, 1.807) is 24.3 Å². The largest absolute Gasteiger partial charge is 0.380 e. The van der Waals surface area contributed by atoms with E-state index in [4.69, 9.17) is 0 Å². The van der Waals surface area contributed by atoms with Crippen LogP contribution in [0, 0.1) is 0 Å². The van der Waals surface area contributed by atoms with E-state index in [-0.39, 0.29) is 11.8 Å². The van der Waals surface area contributed by atoms with Crippen LogP contribution in [-0.4, -0.2) is 85.0 Å². The van der Waals surface area contributed by atoms with Crippen LogP contribution < -0.4 is 15.1 Å². The van der Waals surface area contributed by atoms with E-state index in [2.05, 4.69) is 46.1 Å². The summed E-state index contributed by atoms with van der Waals surface area (Å²) in [5.74, 6) is 0.953. The number of hydrogen-bond donors (Lipinski definition) is 1. The summed E-state index contributed by atoms with van der Waals surface area (Å²) in [5.41, 5.74) is 3.45. The number of carbonyl (C=O) groups excluding carboxylic acids is 2. The molecular formula is C30H36N6O2. The van der Waals surface area contributed by atoms with Crippen LogP contribution in [0.1, 0.15) is 34.6 Å². The van der Waals surface area contributed by atoms with Crippen molar-refractivity contribution >= 4 is 29.0 Å². The average Bonchev–Trinajstić information content (AvgIpc) is 2.97. The lowest BCUT2D eigenvalue weighted by Gasteiger charge is -2.36. The maximum absolute atomic E-state index is 13.2. The molecule has 2 aliphatic rings. The molecule has 198 valence electrons. The molecule has 0 bridgehead atoms. The lowest BCUT2D eigenvalue weighted by molar-refractivity contribution is 0.0734. The third-order valence-corrected chi connectivity index (χ3v) is 7.16. The van der Waals surface area contributed by atoms with Gasteiger partial charge in [0.1, 0.15) is 0 Å². The molecule has 1 aromatic heterocycles. The van der Waals surface area contributed by atoms with Crippen LogP contribution >= 0.6 is 0 Å². The number of hydrogen-bond acceptors (Lipinski definition) is 6. The van der Waals surface area contributed by atoms with E-state index in [9.17, 15) is 9.59 Å². The number of nitrogens with one attached hydrogen (secondary N) is 1. The van der Waals surface area contributed by atoms with Gasteiger partial charge in [0.05, 0.1) is 5.69 Å². The standard InChI is InChI=1S/C30H36N6O2/c1-23(2)32-27-9-6-14-31-28(27)34-17-21-36(22-18-34)30(38)25-12-10-24(11-13-25)29(37)35-19-15-33(16-20-35)26-7-4-3-5-8-26/h3-14,23,32H,15-22H2,1-2H3. The zero-order chi connectivity index (χ0) is 26.5. The fraction of sp³-hybridized carbons (Fsp3) is 0.367.